The van der Waals surface area contributed by atoms with E-state index in [4.69, 9.17) is 14.2 Å². The minimum atomic E-state index is -0.176. The molecule has 1 N–H and O–H groups in total. The van der Waals surface area contributed by atoms with Crippen molar-refractivity contribution in [1.82, 2.24) is 4.90 Å². The van der Waals surface area contributed by atoms with Gasteiger partial charge in [-0.25, -0.2) is 0 Å². The first-order valence-electron chi connectivity index (χ1n) is 11.5. The number of benzene rings is 2. The fourth-order valence-corrected chi connectivity index (χ4v) is 4.86. The first-order valence-corrected chi connectivity index (χ1v) is 11.5. The number of hydrogen-bond donors (Lipinski definition) is 1. The van der Waals surface area contributed by atoms with Gasteiger partial charge in [0.2, 0.25) is 0 Å². The molecule has 2 heterocycles. The highest BCUT2D eigenvalue weighted by Gasteiger charge is 2.41. The zero-order valence-electron chi connectivity index (χ0n) is 19.2. The van der Waals surface area contributed by atoms with Crippen LogP contribution in [0.25, 0.3) is 0 Å². The van der Waals surface area contributed by atoms with Gasteiger partial charge in [-0.3, -0.25) is 4.79 Å². The second kappa shape index (κ2) is 9.41. The number of rotatable bonds is 5. The maximum absolute atomic E-state index is 13.2. The molecule has 2 aromatic rings. The highest BCUT2D eigenvalue weighted by atomic mass is 16.5. The van der Waals surface area contributed by atoms with Gasteiger partial charge in [-0.15, -0.1) is 0 Å². The quantitative estimate of drug-likeness (QED) is 0.728. The van der Waals surface area contributed by atoms with Crippen molar-refractivity contribution in [1.29, 1.82) is 0 Å². The zero-order valence-corrected chi connectivity index (χ0v) is 19.2. The normalized spacial score (nSPS) is 20.4. The molecule has 2 aliphatic rings. The van der Waals surface area contributed by atoms with E-state index in [1.165, 1.54) is 5.56 Å². The van der Waals surface area contributed by atoms with Gasteiger partial charge in [-0.05, 0) is 81.3 Å². The lowest BCUT2D eigenvalue weighted by Crippen LogP contribution is -2.50. The Morgan fingerprint density at radius 2 is 1.84 bits per heavy atom. The number of carbonyl (C=O) groups excluding carboxylic acids is 1. The molecule has 2 saturated heterocycles. The van der Waals surface area contributed by atoms with Gasteiger partial charge >= 0.3 is 0 Å². The molecular weight excluding hydrogens is 406 g/mol. The van der Waals surface area contributed by atoms with Gasteiger partial charge < -0.3 is 24.2 Å². The highest BCUT2D eigenvalue weighted by molar-refractivity contribution is 5.95. The number of nitrogens with zero attached hydrogens (tertiary/aromatic N) is 1. The van der Waals surface area contributed by atoms with Crippen LogP contribution < -0.4 is 9.47 Å². The molecule has 6 heteroatoms. The Labute approximate surface area is 190 Å². The summed E-state index contributed by atoms with van der Waals surface area (Å²) in [4.78, 5) is 15.1. The van der Waals surface area contributed by atoms with Gasteiger partial charge in [0.25, 0.3) is 5.91 Å². The standard InChI is InChI=1S/C26H33NO5/c1-18(2)32-23-9-6-20(16-24(23)30-3)25(29)27-13-11-26(12-14-27)17-21(10-15-31-26)19-4-7-22(28)8-5-19/h4-9,16,18,21,28H,10-15,17H2,1-3H3. The van der Waals surface area contributed by atoms with Crippen LogP contribution in [-0.2, 0) is 4.74 Å². The van der Waals surface area contributed by atoms with E-state index in [0.29, 0.717) is 41.8 Å². The van der Waals surface area contributed by atoms with E-state index >= 15 is 0 Å². The Morgan fingerprint density at radius 1 is 1.12 bits per heavy atom. The third kappa shape index (κ3) is 4.85. The van der Waals surface area contributed by atoms with Crippen molar-refractivity contribution < 1.29 is 24.1 Å². The fraction of sp³-hybridized carbons (Fsp3) is 0.500. The van der Waals surface area contributed by atoms with Crippen molar-refractivity contribution in [3.63, 3.8) is 0 Å². The summed E-state index contributed by atoms with van der Waals surface area (Å²) >= 11 is 0. The number of aromatic hydroxyl groups is 1. The van der Waals surface area contributed by atoms with Crippen molar-refractivity contribution in [2.45, 2.75) is 57.2 Å². The second-order valence-electron chi connectivity index (χ2n) is 9.14. The molecule has 2 fully saturated rings. The van der Waals surface area contributed by atoms with Crippen LogP contribution in [0.15, 0.2) is 42.5 Å². The van der Waals surface area contributed by atoms with Gasteiger partial charge in [0.1, 0.15) is 5.75 Å². The number of hydrogen-bond acceptors (Lipinski definition) is 5. The number of ether oxygens (including phenoxy) is 3. The fourth-order valence-electron chi connectivity index (χ4n) is 4.86. The van der Waals surface area contributed by atoms with Crippen LogP contribution in [0.4, 0.5) is 0 Å². The maximum Gasteiger partial charge on any atom is 0.253 e. The minimum Gasteiger partial charge on any atom is -0.508 e. The molecule has 2 aliphatic heterocycles. The molecule has 0 aromatic heterocycles. The van der Waals surface area contributed by atoms with Gasteiger partial charge in [0, 0.05) is 25.3 Å². The Kier molecular flexibility index (Phi) is 6.60. The lowest BCUT2D eigenvalue weighted by atomic mass is 9.77. The molecule has 0 aliphatic carbocycles. The average molecular weight is 440 g/mol. The monoisotopic (exact) mass is 439 g/mol. The number of piperidine rings is 1. The van der Waals surface area contributed by atoms with Crippen LogP contribution in [-0.4, -0.2) is 54.4 Å². The van der Waals surface area contributed by atoms with E-state index in [-0.39, 0.29) is 17.6 Å². The van der Waals surface area contributed by atoms with E-state index < -0.39 is 0 Å². The predicted octanol–water partition coefficient (Wildman–Crippen LogP) is 4.76. The Hall–Kier alpha value is -2.73. The van der Waals surface area contributed by atoms with Crippen molar-refractivity contribution in [2.24, 2.45) is 0 Å². The molecule has 4 rings (SSSR count). The van der Waals surface area contributed by atoms with Gasteiger partial charge in [-0.2, -0.15) is 0 Å². The third-order valence-corrected chi connectivity index (χ3v) is 6.59. The average Bonchev–Trinajstić information content (AvgIpc) is 2.79. The summed E-state index contributed by atoms with van der Waals surface area (Å²) in [5, 5.41) is 9.58. The van der Waals surface area contributed by atoms with E-state index in [1.54, 1.807) is 25.3 Å². The Morgan fingerprint density at radius 3 is 2.50 bits per heavy atom. The van der Waals surface area contributed by atoms with Crippen molar-refractivity contribution in [3.05, 3.63) is 53.6 Å². The third-order valence-electron chi connectivity index (χ3n) is 6.59. The molecule has 1 spiro atoms. The van der Waals surface area contributed by atoms with Crippen LogP contribution in [0.2, 0.25) is 0 Å². The smallest absolute Gasteiger partial charge is 0.253 e. The van der Waals surface area contributed by atoms with Gasteiger partial charge in [0.05, 0.1) is 18.8 Å². The number of likely N-dealkylation sites (tertiary alicyclic amines) is 1. The molecule has 0 bridgehead atoms. The SMILES string of the molecule is COc1cc(C(=O)N2CCC3(CC2)CC(c2ccc(O)cc2)CCO3)ccc1OC(C)C. The van der Waals surface area contributed by atoms with Crippen LogP contribution in [0.3, 0.4) is 0 Å². The number of phenols is 1. The first-order chi connectivity index (χ1) is 15.4. The molecule has 1 unspecified atom stereocenters. The Bertz CT molecular complexity index is 932. The summed E-state index contributed by atoms with van der Waals surface area (Å²) in [6.07, 6.45) is 3.64. The molecular formula is C26H33NO5. The predicted molar refractivity (Wildman–Crippen MR) is 123 cm³/mol. The summed E-state index contributed by atoms with van der Waals surface area (Å²) in [5.41, 5.74) is 1.68. The minimum absolute atomic E-state index is 0.0140. The number of phenolic OH excluding ortho intramolecular Hbond substituents is 1. The van der Waals surface area contributed by atoms with E-state index in [1.807, 2.05) is 43.0 Å². The van der Waals surface area contributed by atoms with Gasteiger partial charge in [-0.1, -0.05) is 12.1 Å². The molecule has 6 nitrogen and oxygen atoms in total. The summed E-state index contributed by atoms with van der Waals surface area (Å²) in [6.45, 7) is 6.00. The largest absolute Gasteiger partial charge is 0.508 e. The molecule has 1 atom stereocenters. The second-order valence-corrected chi connectivity index (χ2v) is 9.14. The van der Waals surface area contributed by atoms with Crippen LogP contribution >= 0.6 is 0 Å². The molecule has 2 aromatic carbocycles. The van der Waals surface area contributed by atoms with Crippen molar-refractivity contribution >= 4 is 5.91 Å². The van der Waals surface area contributed by atoms with E-state index in [9.17, 15) is 9.90 Å². The summed E-state index contributed by atoms with van der Waals surface area (Å²) in [6, 6.07) is 12.9. The van der Waals surface area contributed by atoms with Crippen molar-refractivity contribution in [2.75, 3.05) is 26.8 Å². The number of methoxy groups -OCH3 is 1. The zero-order chi connectivity index (χ0) is 22.7. The van der Waals surface area contributed by atoms with E-state index in [0.717, 1.165) is 32.3 Å². The summed E-state index contributed by atoms with van der Waals surface area (Å²) in [7, 11) is 1.59. The number of carbonyl (C=O) groups is 1. The lowest BCUT2D eigenvalue weighted by molar-refractivity contribution is -0.113. The van der Waals surface area contributed by atoms with E-state index in [2.05, 4.69) is 0 Å². The van der Waals surface area contributed by atoms with Crippen molar-refractivity contribution in [3.8, 4) is 17.2 Å². The molecule has 32 heavy (non-hydrogen) atoms. The van der Waals surface area contributed by atoms with Gasteiger partial charge in [0.15, 0.2) is 11.5 Å². The lowest BCUT2D eigenvalue weighted by Gasteiger charge is -2.46. The first kappa shape index (κ1) is 22.5. The van der Waals surface area contributed by atoms with Crippen LogP contribution in [0.5, 0.6) is 17.2 Å². The summed E-state index contributed by atoms with van der Waals surface area (Å²) in [5.74, 6) is 1.95. The Balaban J connectivity index is 1.40. The maximum atomic E-state index is 13.2. The molecule has 0 radical (unpaired) electrons. The van der Waals surface area contributed by atoms with Crippen LogP contribution in [0, 0.1) is 0 Å². The molecule has 1 amide bonds. The highest BCUT2D eigenvalue weighted by Crippen LogP contribution is 2.42. The summed E-state index contributed by atoms with van der Waals surface area (Å²) < 4.78 is 17.5. The topological polar surface area (TPSA) is 68.2 Å². The number of amides is 1. The molecule has 172 valence electrons. The molecule has 0 saturated carbocycles. The van der Waals surface area contributed by atoms with Crippen LogP contribution in [0.1, 0.15) is 61.4 Å².